The number of fused-ring (bicyclic) bond motifs is 2. The molecule has 2 aromatic carbocycles. The van der Waals surface area contributed by atoms with Crippen molar-refractivity contribution in [1.82, 2.24) is 9.97 Å². The lowest BCUT2D eigenvalue weighted by molar-refractivity contribution is 1.42. The third-order valence-electron chi connectivity index (χ3n) is 5.20. The zero-order chi connectivity index (χ0) is 19.9. The molecule has 0 spiro atoms. The maximum Gasteiger partial charge on any atom is 0.0702 e. The number of thiophene rings is 2. The molecule has 0 amide bonds. The van der Waals surface area contributed by atoms with Crippen LogP contribution in [0.5, 0.6) is 0 Å². The number of aromatic nitrogens is 2. The maximum atomic E-state index is 4.61. The van der Waals surface area contributed by atoms with E-state index >= 15 is 0 Å². The van der Waals surface area contributed by atoms with E-state index in [-0.39, 0.29) is 0 Å². The Bertz CT molecular complexity index is 1390. The first-order chi connectivity index (χ1) is 14.8. The van der Waals surface area contributed by atoms with Crippen molar-refractivity contribution in [1.29, 1.82) is 0 Å². The van der Waals surface area contributed by atoms with E-state index < -0.39 is 0 Å². The fraction of sp³-hybridized carbons (Fsp3) is 0. The van der Waals surface area contributed by atoms with Gasteiger partial charge in [0.15, 0.2) is 0 Å². The quantitative estimate of drug-likeness (QED) is 0.291. The molecule has 0 aliphatic heterocycles. The standard InChI is InChI=1S/C26H16N2S2/c1-3-7-21-17(5-1)13-19(15-27-21)23-9-11-25(29-23)26-12-10-24(30-26)20-14-18-6-2-4-8-22(18)28-16-20/h1-16H. The number of para-hydroxylation sites is 2. The third-order valence-corrected chi connectivity index (χ3v) is 7.67. The van der Waals surface area contributed by atoms with Gasteiger partial charge in [-0.1, -0.05) is 36.4 Å². The van der Waals surface area contributed by atoms with Gasteiger partial charge >= 0.3 is 0 Å². The molecule has 4 aromatic heterocycles. The zero-order valence-electron chi connectivity index (χ0n) is 15.9. The van der Waals surface area contributed by atoms with E-state index in [1.165, 1.54) is 41.4 Å². The SMILES string of the molecule is c1ccc2ncc(-c3ccc(-c4ccc(-c5cnc6ccccc6c5)s4)s3)cc2c1. The summed E-state index contributed by atoms with van der Waals surface area (Å²) in [5, 5.41) is 2.35. The molecule has 0 aliphatic rings. The van der Waals surface area contributed by atoms with Gasteiger partial charge in [-0.15, -0.1) is 22.7 Å². The molecule has 4 heterocycles. The molecule has 6 rings (SSSR count). The van der Waals surface area contributed by atoms with Gasteiger partial charge in [-0.3, -0.25) is 9.97 Å². The van der Waals surface area contributed by atoms with Gasteiger partial charge in [0.1, 0.15) is 0 Å². The van der Waals surface area contributed by atoms with Crippen LogP contribution in [0.4, 0.5) is 0 Å². The number of benzene rings is 2. The van der Waals surface area contributed by atoms with Crippen LogP contribution in [0, 0.1) is 0 Å². The van der Waals surface area contributed by atoms with Gasteiger partial charge in [0, 0.05) is 53.8 Å². The molecule has 0 saturated carbocycles. The molecular weight excluding hydrogens is 404 g/mol. The van der Waals surface area contributed by atoms with Crippen LogP contribution in [0.2, 0.25) is 0 Å². The Morgan fingerprint density at radius 2 is 0.900 bits per heavy atom. The zero-order valence-corrected chi connectivity index (χ0v) is 17.6. The summed E-state index contributed by atoms with van der Waals surface area (Å²) in [6, 6.07) is 29.8. The molecule has 4 heteroatoms. The van der Waals surface area contributed by atoms with Gasteiger partial charge < -0.3 is 0 Å². The van der Waals surface area contributed by atoms with Crippen LogP contribution in [0.3, 0.4) is 0 Å². The average Bonchev–Trinajstić information content (AvgIpc) is 3.48. The van der Waals surface area contributed by atoms with E-state index in [2.05, 4.69) is 70.6 Å². The highest BCUT2D eigenvalue weighted by Gasteiger charge is 2.10. The van der Waals surface area contributed by atoms with Crippen molar-refractivity contribution in [3.63, 3.8) is 0 Å². The van der Waals surface area contributed by atoms with Gasteiger partial charge in [-0.2, -0.15) is 0 Å². The number of nitrogens with zero attached hydrogens (tertiary/aromatic N) is 2. The number of hydrogen-bond acceptors (Lipinski definition) is 4. The molecule has 142 valence electrons. The molecule has 0 atom stereocenters. The molecule has 0 N–H and O–H groups in total. The van der Waals surface area contributed by atoms with Crippen LogP contribution in [-0.4, -0.2) is 9.97 Å². The van der Waals surface area contributed by atoms with Gasteiger partial charge in [0.05, 0.1) is 11.0 Å². The smallest absolute Gasteiger partial charge is 0.0702 e. The summed E-state index contributed by atoms with van der Waals surface area (Å²) in [7, 11) is 0. The largest absolute Gasteiger partial charge is 0.256 e. The lowest BCUT2D eigenvalue weighted by Crippen LogP contribution is -1.79. The van der Waals surface area contributed by atoms with Gasteiger partial charge in [-0.25, -0.2) is 0 Å². The lowest BCUT2D eigenvalue weighted by atomic mass is 10.1. The second-order valence-corrected chi connectivity index (χ2v) is 9.33. The predicted octanol–water partition coefficient (Wildman–Crippen LogP) is 7.91. The molecule has 0 bridgehead atoms. The summed E-state index contributed by atoms with van der Waals surface area (Å²) < 4.78 is 0. The van der Waals surface area contributed by atoms with Crippen molar-refractivity contribution >= 4 is 44.5 Å². The molecule has 0 unspecified atom stereocenters. The van der Waals surface area contributed by atoms with Gasteiger partial charge in [0.2, 0.25) is 0 Å². The van der Waals surface area contributed by atoms with Crippen LogP contribution in [0.25, 0.3) is 52.4 Å². The topological polar surface area (TPSA) is 25.8 Å². The Balaban J connectivity index is 1.33. The number of hydrogen-bond donors (Lipinski definition) is 0. The minimum absolute atomic E-state index is 1.03. The Kier molecular flexibility index (Phi) is 4.18. The average molecular weight is 421 g/mol. The van der Waals surface area contributed by atoms with Crippen molar-refractivity contribution < 1.29 is 0 Å². The van der Waals surface area contributed by atoms with E-state index in [1.807, 2.05) is 59.3 Å². The normalized spacial score (nSPS) is 11.3. The molecule has 30 heavy (non-hydrogen) atoms. The molecular formula is C26H16N2S2. The van der Waals surface area contributed by atoms with Crippen LogP contribution in [0.1, 0.15) is 0 Å². The summed E-state index contributed by atoms with van der Waals surface area (Å²) in [4.78, 5) is 14.3. The van der Waals surface area contributed by atoms with Crippen LogP contribution in [0.15, 0.2) is 97.3 Å². The van der Waals surface area contributed by atoms with E-state index in [4.69, 9.17) is 0 Å². The van der Waals surface area contributed by atoms with E-state index in [1.54, 1.807) is 0 Å². The third kappa shape index (κ3) is 3.11. The van der Waals surface area contributed by atoms with Crippen LogP contribution >= 0.6 is 22.7 Å². The first-order valence-corrected chi connectivity index (χ1v) is 11.4. The summed E-state index contributed by atoms with van der Waals surface area (Å²) in [6.07, 6.45) is 3.94. The highest BCUT2D eigenvalue weighted by atomic mass is 32.1. The summed E-state index contributed by atoms with van der Waals surface area (Å²) in [5.41, 5.74) is 4.40. The minimum atomic E-state index is 1.03. The monoisotopic (exact) mass is 420 g/mol. The van der Waals surface area contributed by atoms with Crippen molar-refractivity contribution in [2.45, 2.75) is 0 Å². The first kappa shape index (κ1) is 17.5. The van der Waals surface area contributed by atoms with E-state index in [0.29, 0.717) is 0 Å². The van der Waals surface area contributed by atoms with Crippen LogP contribution in [-0.2, 0) is 0 Å². The van der Waals surface area contributed by atoms with Crippen LogP contribution < -0.4 is 0 Å². The van der Waals surface area contributed by atoms with Gasteiger partial charge in [-0.05, 0) is 48.5 Å². The molecule has 6 aromatic rings. The minimum Gasteiger partial charge on any atom is -0.256 e. The van der Waals surface area contributed by atoms with E-state index in [9.17, 15) is 0 Å². The highest BCUT2D eigenvalue weighted by Crippen LogP contribution is 2.40. The van der Waals surface area contributed by atoms with Crippen molar-refractivity contribution in [2.24, 2.45) is 0 Å². The Morgan fingerprint density at radius 1 is 0.467 bits per heavy atom. The molecule has 0 saturated heterocycles. The Morgan fingerprint density at radius 3 is 1.40 bits per heavy atom. The highest BCUT2D eigenvalue weighted by molar-refractivity contribution is 7.25. The summed E-state index contributed by atoms with van der Waals surface area (Å²) in [6.45, 7) is 0. The Hall–Kier alpha value is -3.34. The first-order valence-electron chi connectivity index (χ1n) is 9.74. The molecule has 0 aliphatic carbocycles. The van der Waals surface area contributed by atoms with Crippen molar-refractivity contribution in [2.75, 3.05) is 0 Å². The fourth-order valence-corrected chi connectivity index (χ4v) is 5.73. The molecule has 2 nitrogen and oxygen atoms in total. The second-order valence-electron chi connectivity index (χ2n) is 7.16. The van der Waals surface area contributed by atoms with E-state index in [0.717, 1.165) is 11.0 Å². The number of rotatable bonds is 3. The van der Waals surface area contributed by atoms with Crippen molar-refractivity contribution in [3.8, 4) is 30.6 Å². The summed E-state index contributed by atoms with van der Waals surface area (Å²) >= 11 is 3.63. The lowest BCUT2D eigenvalue weighted by Gasteiger charge is -2.01. The van der Waals surface area contributed by atoms with Crippen molar-refractivity contribution in [3.05, 3.63) is 97.3 Å². The number of pyridine rings is 2. The summed E-state index contributed by atoms with van der Waals surface area (Å²) in [5.74, 6) is 0. The molecule has 0 fully saturated rings. The second kappa shape index (κ2) is 7.17. The molecule has 0 radical (unpaired) electrons. The fourth-order valence-electron chi connectivity index (χ4n) is 3.66. The maximum absolute atomic E-state index is 4.61. The predicted molar refractivity (Wildman–Crippen MR) is 129 cm³/mol. The Labute approximate surface area is 182 Å². The van der Waals surface area contributed by atoms with Gasteiger partial charge in [0.25, 0.3) is 0 Å².